The number of phenolic OH excluding ortho intramolecular Hbond substituents is 1. The molecule has 0 spiro atoms. The van der Waals surface area contributed by atoms with Crippen LogP contribution < -0.4 is 5.32 Å². The maximum atomic E-state index is 12.1. The van der Waals surface area contributed by atoms with Crippen LogP contribution in [0.15, 0.2) is 24.3 Å². The fraction of sp³-hybridized carbons (Fsp3) is 0.562. The number of nitrogens with zero attached hydrogens (tertiary/aromatic N) is 1. The van der Waals surface area contributed by atoms with Crippen LogP contribution in [-0.2, 0) is 11.2 Å². The number of ether oxygens (including phenoxy) is 1. The Balaban J connectivity index is 1.70. The first-order valence-corrected chi connectivity index (χ1v) is 7.52. The second-order valence-corrected chi connectivity index (χ2v) is 5.51. The molecule has 2 rings (SSSR count). The van der Waals surface area contributed by atoms with Gasteiger partial charge in [0.25, 0.3) is 0 Å². The molecular formula is C16H24N2O3. The number of rotatable bonds is 4. The Kier molecular flexibility index (Phi) is 5.44. The number of morpholine rings is 1. The zero-order valence-corrected chi connectivity index (χ0v) is 12.7. The molecular weight excluding hydrogens is 268 g/mol. The van der Waals surface area contributed by atoms with E-state index >= 15 is 0 Å². The highest BCUT2D eigenvalue weighted by molar-refractivity contribution is 5.74. The van der Waals surface area contributed by atoms with Crippen molar-refractivity contribution >= 4 is 6.03 Å². The van der Waals surface area contributed by atoms with Crippen molar-refractivity contribution in [3.8, 4) is 5.75 Å². The number of urea groups is 1. The summed E-state index contributed by atoms with van der Waals surface area (Å²) in [6.07, 6.45) is 1.85. The fourth-order valence-corrected chi connectivity index (χ4v) is 2.47. The molecule has 2 atom stereocenters. The lowest BCUT2D eigenvalue weighted by Crippen LogP contribution is -2.54. The molecule has 1 heterocycles. The molecule has 0 aromatic heterocycles. The number of carbonyl (C=O) groups excluding carboxylic acids is 1. The number of aryl methyl sites for hydroxylation is 1. The molecule has 116 valence electrons. The Morgan fingerprint density at radius 2 is 2.10 bits per heavy atom. The van der Waals surface area contributed by atoms with Crippen LogP contribution in [0.4, 0.5) is 4.79 Å². The van der Waals surface area contributed by atoms with E-state index in [4.69, 9.17) is 4.74 Å². The predicted molar refractivity (Wildman–Crippen MR) is 81.4 cm³/mol. The minimum atomic E-state index is -0.0108. The van der Waals surface area contributed by atoms with Gasteiger partial charge >= 0.3 is 6.03 Å². The van der Waals surface area contributed by atoms with Gasteiger partial charge in [0.05, 0.1) is 18.8 Å². The molecule has 5 heteroatoms. The lowest BCUT2D eigenvalue weighted by molar-refractivity contribution is -0.0375. The van der Waals surface area contributed by atoms with Gasteiger partial charge in [0.15, 0.2) is 0 Å². The Hall–Kier alpha value is -1.75. The van der Waals surface area contributed by atoms with Crippen LogP contribution in [0.2, 0.25) is 0 Å². The Morgan fingerprint density at radius 3 is 2.81 bits per heavy atom. The van der Waals surface area contributed by atoms with Crippen LogP contribution in [0.5, 0.6) is 5.75 Å². The van der Waals surface area contributed by atoms with Crippen molar-refractivity contribution in [2.24, 2.45) is 0 Å². The van der Waals surface area contributed by atoms with Crippen molar-refractivity contribution in [1.82, 2.24) is 10.2 Å². The van der Waals surface area contributed by atoms with E-state index in [0.717, 1.165) is 18.4 Å². The highest BCUT2D eigenvalue weighted by Gasteiger charge is 2.28. The van der Waals surface area contributed by atoms with E-state index in [-0.39, 0.29) is 23.9 Å². The molecule has 0 bridgehead atoms. The summed E-state index contributed by atoms with van der Waals surface area (Å²) >= 11 is 0. The summed E-state index contributed by atoms with van der Waals surface area (Å²) in [7, 11) is 0. The molecule has 1 fully saturated rings. The topological polar surface area (TPSA) is 61.8 Å². The van der Waals surface area contributed by atoms with E-state index in [1.807, 2.05) is 30.9 Å². The number of aromatic hydroxyl groups is 1. The molecule has 0 unspecified atom stereocenters. The molecule has 0 saturated carbocycles. The van der Waals surface area contributed by atoms with Crippen molar-refractivity contribution in [3.05, 3.63) is 29.8 Å². The summed E-state index contributed by atoms with van der Waals surface area (Å²) < 4.78 is 5.52. The first kappa shape index (κ1) is 15.6. The van der Waals surface area contributed by atoms with Gasteiger partial charge in [-0.05, 0) is 44.4 Å². The zero-order valence-electron chi connectivity index (χ0n) is 12.7. The maximum absolute atomic E-state index is 12.1. The van der Waals surface area contributed by atoms with E-state index in [9.17, 15) is 9.90 Å². The van der Waals surface area contributed by atoms with Crippen LogP contribution in [0, 0.1) is 0 Å². The van der Waals surface area contributed by atoms with Crippen LogP contribution in [0.1, 0.15) is 25.8 Å². The number of nitrogens with one attached hydrogen (secondary N) is 1. The first-order valence-electron chi connectivity index (χ1n) is 7.52. The van der Waals surface area contributed by atoms with Crippen molar-refractivity contribution < 1.29 is 14.6 Å². The molecule has 5 nitrogen and oxygen atoms in total. The van der Waals surface area contributed by atoms with Crippen molar-refractivity contribution in [1.29, 1.82) is 0 Å². The molecule has 0 radical (unpaired) electrons. The van der Waals surface area contributed by atoms with Gasteiger partial charge in [0, 0.05) is 13.1 Å². The van der Waals surface area contributed by atoms with E-state index < -0.39 is 0 Å². The Bertz CT molecular complexity index is 461. The third kappa shape index (κ3) is 4.36. The largest absolute Gasteiger partial charge is 0.508 e. The quantitative estimate of drug-likeness (QED) is 0.836. The summed E-state index contributed by atoms with van der Waals surface area (Å²) in [5, 5.41) is 12.2. The van der Waals surface area contributed by atoms with Crippen LogP contribution in [0.3, 0.4) is 0 Å². The number of phenols is 1. The van der Waals surface area contributed by atoms with Gasteiger partial charge in [-0.15, -0.1) is 0 Å². The molecule has 1 aliphatic heterocycles. The SMILES string of the molecule is C[C@@H]1OCCN(C(=O)NCCCc2ccc(O)cc2)[C@H]1C. The molecule has 1 saturated heterocycles. The number of carbonyl (C=O) groups is 1. The van der Waals surface area contributed by atoms with Crippen LogP contribution in [0.25, 0.3) is 0 Å². The molecule has 1 aromatic rings. The lowest BCUT2D eigenvalue weighted by atomic mass is 10.1. The third-order valence-electron chi connectivity index (χ3n) is 4.00. The van der Waals surface area contributed by atoms with Crippen molar-refractivity contribution in [2.75, 3.05) is 19.7 Å². The monoisotopic (exact) mass is 292 g/mol. The summed E-state index contributed by atoms with van der Waals surface area (Å²) in [6.45, 7) is 5.91. The summed E-state index contributed by atoms with van der Waals surface area (Å²) in [6, 6.07) is 7.28. The smallest absolute Gasteiger partial charge is 0.317 e. The predicted octanol–water partition coefficient (Wildman–Crippen LogP) is 2.14. The molecule has 1 aliphatic rings. The summed E-state index contributed by atoms with van der Waals surface area (Å²) in [5.41, 5.74) is 1.16. The van der Waals surface area contributed by atoms with Gasteiger partial charge in [-0.25, -0.2) is 4.79 Å². The van der Waals surface area contributed by atoms with E-state index in [1.165, 1.54) is 0 Å². The van der Waals surface area contributed by atoms with Gasteiger partial charge < -0.3 is 20.1 Å². The highest BCUT2D eigenvalue weighted by Crippen LogP contribution is 2.13. The number of hydrogen-bond acceptors (Lipinski definition) is 3. The summed E-state index contributed by atoms with van der Waals surface area (Å²) in [4.78, 5) is 14.0. The minimum absolute atomic E-state index is 0.0108. The van der Waals surface area contributed by atoms with E-state index in [1.54, 1.807) is 12.1 Å². The standard InChI is InChI=1S/C16H24N2O3/c1-12-13(2)21-11-10-18(12)16(20)17-9-3-4-14-5-7-15(19)8-6-14/h5-8,12-13,19H,3-4,9-11H2,1-2H3,(H,17,20)/t12-,13-/m0/s1. The van der Waals surface area contributed by atoms with Crippen molar-refractivity contribution in [2.45, 2.75) is 38.8 Å². The maximum Gasteiger partial charge on any atom is 0.317 e. The minimum Gasteiger partial charge on any atom is -0.508 e. The van der Waals surface area contributed by atoms with Gasteiger partial charge in [-0.1, -0.05) is 12.1 Å². The van der Waals surface area contributed by atoms with Gasteiger partial charge in [0.1, 0.15) is 5.75 Å². The normalized spacial score (nSPS) is 22.1. The molecule has 1 aromatic carbocycles. The van der Waals surface area contributed by atoms with Crippen molar-refractivity contribution in [3.63, 3.8) is 0 Å². The molecule has 21 heavy (non-hydrogen) atoms. The first-order chi connectivity index (χ1) is 10.1. The van der Waals surface area contributed by atoms with Gasteiger partial charge in [-0.2, -0.15) is 0 Å². The fourth-order valence-electron chi connectivity index (χ4n) is 2.47. The molecule has 0 aliphatic carbocycles. The Labute approximate surface area is 125 Å². The number of hydrogen-bond donors (Lipinski definition) is 2. The Morgan fingerprint density at radius 1 is 1.38 bits per heavy atom. The van der Waals surface area contributed by atoms with Crippen LogP contribution in [-0.4, -0.2) is 47.9 Å². The average molecular weight is 292 g/mol. The molecule has 2 amide bonds. The third-order valence-corrected chi connectivity index (χ3v) is 4.00. The zero-order chi connectivity index (χ0) is 15.2. The highest BCUT2D eigenvalue weighted by atomic mass is 16.5. The van der Waals surface area contributed by atoms with Crippen LogP contribution >= 0.6 is 0 Å². The number of benzene rings is 1. The molecule has 2 N–H and O–H groups in total. The summed E-state index contributed by atoms with van der Waals surface area (Å²) in [5.74, 6) is 0.280. The van der Waals surface area contributed by atoms with Gasteiger partial charge in [-0.3, -0.25) is 0 Å². The average Bonchev–Trinajstić information content (AvgIpc) is 2.48. The second-order valence-electron chi connectivity index (χ2n) is 5.51. The van der Waals surface area contributed by atoms with E-state index in [0.29, 0.717) is 19.7 Å². The van der Waals surface area contributed by atoms with Gasteiger partial charge in [0.2, 0.25) is 0 Å². The van der Waals surface area contributed by atoms with E-state index in [2.05, 4.69) is 5.32 Å². The second kappa shape index (κ2) is 7.31. The lowest BCUT2D eigenvalue weighted by Gasteiger charge is -2.37. The number of amides is 2.